The third-order valence-electron chi connectivity index (χ3n) is 22.9. The molecule has 3 aliphatic carbocycles. The Labute approximate surface area is 603 Å². The Bertz CT molecular complexity index is 3220. The van der Waals surface area contributed by atoms with E-state index in [4.69, 9.17) is 16.3 Å². The SMILES string of the molecule is CC[C@H](C)[C@@H]1NC(=O)[C@H](CC(C)C)N(C)C(=O)C[C@@H](C(=O)N2C3CCC2COC3)N(C)C(=O)[C@H](C2CCCCC2)N(C)C(=O)C2(CCCC2)NC(=O)C2CCCN2C(=O)[C@H](CCc2ccc(C(F)(F)F)c(Cl)c2)NC(=O)CN(C)C(=O)[C@H](CC2CCCC2)N(C)C(=O)CN(C)C(=O)CN(C)C1=O. The maximum absolute atomic E-state index is 16.0. The van der Waals surface area contributed by atoms with Crippen molar-refractivity contribution in [2.45, 2.75) is 241 Å². The highest BCUT2D eigenvalue weighted by Gasteiger charge is 2.53. The molecule has 10 atom stereocenters. The molecule has 3 saturated carbocycles. The number of aryl methyl sites for hydroxylation is 1. The molecule has 568 valence electrons. The molecule has 29 heteroatoms. The molecule has 1 spiro atoms. The summed E-state index contributed by atoms with van der Waals surface area (Å²) < 4.78 is 47.5. The van der Waals surface area contributed by atoms with Crippen molar-refractivity contribution in [3.63, 3.8) is 0 Å². The molecular weight excluding hydrogens is 1350 g/mol. The number of nitrogens with zero attached hydrogens (tertiary/aromatic N) is 9. The summed E-state index contributed by atoms with van der Waals surface area (Å²) in [6.45, 7) is 6.17. The minimum atomic E-state index is -4.76. The minimum absolute atomic E-state index is 0.0269. The second-order valence-corrected chi connectivity index (χ2v) is 31.0. The molecule has 0 aromatic heterocycles. The van der Waals surface area contributed by atoms with Crippen molar-refractivity contribution in [3.8, 4) is 0 Å². The molecule has 3 N–H and O–H groups in total. The van der Waals surface area contributed by atoms with Gasteiger partial charge in [0.05, 0.1) is 61.9 Å². The number of rotatable bonds is 11. The smallest absolute Gasteiger partial charge is 0.377 e. The van der Waals surface area contributed by atoms with Gasteiger partial charge in [0.15, 0.2) is 0 Å². The Balaban J connectivity index is 1.18. The lowest BCUT2D eigenvalue weighted by Crippen LogP contribution is -2.65. The van der Waals surface area contributed by atoms with E-state index in [-0.39, 0.29) is 88.6 Å². The van der Waals surface area contributed by atoms with E-state index in [1.54, 1.807) is 11.8 Å². The normalized spacial score (nSPS) is 28.4. The average Bonchev–Trinajstić information content (AvgIpc) is 1.32. The number of halogens is 4. The fourth-order valence-electron chi connectivity index (χ4n) is 16.5. The van der Waals surface area contributed by atoms with Crippen LogP contribution in [0.4, 0.5) is 13.2 Å². The number of amides is 12. The third-order valence-corrected chi connectivity index (χ3v) is 23.2. The molecule has 4 heterocycles. The number of ether oxygens (including phenoxy) is 1. The number of nitrogens with one attached hydrogen (secondary N) is 3. The summed E-state index contributed by atoms with van der Waals surface area (Å²) in [4.78, 5) is 192. The van der Waals surface area contributed by atoms with Crippen molar-refractivity contribution >= 4 is 82.5 Å². The summed E-state index contributed by atoms with van der Waals surface area (Å²) in [6, 6.07) is -6.32. The lowest BCUT2D eigenvalue weighted by molar-refractivity contribution is -0.159. The van der Waals surface area contributed by atoms with Crippen molar-refractivity contribution in [3.05, 3.63) is 34.3 Å². The van der Waals surface area contributed by atoms with Crippen LogP contribution >= 0.6 is 11.6 Å². The molecule has 8 rings (SSSR count). The summed E-state index contributed by atoms with van der Waals surface area (Å²) in [5.41, 5.74) is -2.35. The number of carbonyl (C=O) groups excluding carboxylic acids is 12. The van der Waals surface area contributed by atoms with Gasteiger partial charge in [0, 0.05) is 55.9 Å². The van der Waals surface area contributed by atoms with E-state index < -0.39 is 173 Å². The van der Waals surface area contributed by atoms with Crippen LogP contribution in [-0.2, 0) is 74.9 Å². The first kappa shape index (κ1) is 80.6. The molecule has 7 aliphatic rings. The zero-order chi connectivity index (χ0) is 74.8. The monoisotopic (exact) mass is 1450 g/mol. The van der Waals surface area contributed by atoms with E-state index in [0.717, 1.165) is 71.8 Å². The van der Waals surface area contributed by atoms with Gasteiger partial charge in [0.25, 0.3) is 0 Å². The fraction of sp³-hybridized carbons (Fsp3) is 0.753. The van der Waals surface area contributed by atoms with Crippen molar-refractivity contribution in [1.82, 2.24) is 60.0 Å². The Morgan fingerprint density at radius 2 is 1.25 bits per heavy atom. The molecule has 12 amide bonds. The zero-order valence-corrected chi connectivity index (χ0v) is 62.3. The van der Waals surface area contributed by atoms with Crippen LogP contribution in [0.3, 0.4) is 0 Å². The second-order valence-electron chi connectivity index (χ2n) is 30.6. The van der Waals surface area contributed by atoms with Gasteiger partial charge in [-0.1, -0.05) is 110 Å². The molecule has 102 heavy (non-hydrogen) atoms. The van der Waals surface area contributed by atoms with Gasteiger partial charge in [-0.05, 0) is 118 Å². The first-order chi connectivity index (χ1) is 48.2. The lowest BCUT2D eigenvalue weighted by atomic mass is 9.81. The van der Waals surface area contributed by atoms with Crippen LogP contribution < -0.4 is 16.0 Å². The third kappa shape index (κ3) is 19.1. The molecule has 25 nitrogen and oxygen atoms in total. The van der Waals surface area contributed by atoms with E-state index in [9.17, 15) is 41.9 Å². The van der Waals surface area contributed by atoms with Gasteiger partial charge in [-0.15, -0.1) is 0 Å². The Morgan fingerprint density at radius 1 is 0.647 bits per heavy atom. The van der Waals surface area contributed by atoms with Crippen LogP contribution in [0.5, 0.6) is 0 Å². The molecule has 7 fully saturated rings. The Morgan fingerprint density at radius 3 is 1.86 bits per heavy atom. The first-order valence-electron chi connectivity index (χ1n) is 36.9. The molecule has 0 radical (unpaired) electrons. The van der Waals surface area contributed by atoms with Crippen molar-refractivity contribution in [2.24, 2.45) is 23.7 Å². The standard InChI is InChI=1S/C73H110ClF3N12O13/c1-12-45(4)62-69(99)83(7)40-60(92)81(5)41-61(93)85(9)56(37-46-21-16-17-22-46)67(97)82(6)39-58(90)78-53(31-27-47-26-30-51(52(74)36-47)73(75,76)77)66(96)88-34-20-25-54(88)65(95)80-72(32-18-19-33-72)71(101)87(11)63(48-23-14-13-15-24-48)70(100)86(10)57(68(98)89-49-28-29-50(89)43-102-42-49)38-59(91)84(8)55(35-44(2)3)64(94)79-62/h26,30,36,44-46,48-50,53-57,62-63H,12-25,27-29,31-35,37-43H2,1-11H3,(H,78,90)(H,79,94)(H,80,95)/t45-,49?,50?,53-,54?,55-,56-,57-,62-,63-/m0/s1. The summed E-state index contributed by atoms with van der Waals surface area (Å²) in [5.74, 6) is -8.82. The van der Waals surface area contributed by atoms with Gasteiger partial charge in [-0.25, -0.2) is 0 Å². The maximum atomic E-state index is 16.0. The number of hydrogen-bond acceptors (Lipinski definition) is 13. The van der Waals surface area contributed by atoms with Gasteiger partial charge < -0.3 is 64.8 Å². The van der Waals surface area contributed by atoms with Crippen molar-refractivity contribution < 1.29 is 75.4 Å². The number of likely N-dealkylation sites (N-methyl/N-ethyl adjacent to an activating group) is 7. The van der Waals surface area contributed by atoms with E-state index in [1.807, 2.05) is 20.8 Å². The summed E-state index contributed by atoms with van der Waals surface area (Å²) >= 11 is 6.16. The van der Waals surface area contributed by atoms with Crippen LogP contribution in [-0.4, -0.2) is 264 Å². The number of benzene rings is 1. The summed E-state index contributed by atoms with van der Waals surface area (Å²) in [5, 5.41) is 8.19. The molecule has 2 bridgehead atoms. The van der Waals surface area contributed by atoms with Crippen LogP contribution in [0.25, 0.3) is 0 Å². The van der Waals surface area contributed by atoms with Crippen LogP contribution in [0.15, 0.2) is 18.2 Å². The number of fused-ring (bicyclic) bond motifs is 3. The molecule has 3 unspecified atom stereocenters. The van der Waals surface area contributed by atoms with Gasteiger partial charge in [-0.2, -0.15) is 13.2 Å². The van der Waals surface area contributed by atoms with E-state index in [0.29, 0.717) is 56.9 Å². The predicted octanol–water partition coefficient (Wildman–Crippen LogP) is 5.41. The molecule has 4 saturated heterocycles. The molecule has 4 aliphatic heterocycles. The Hall–Kier alpha value is -7.10. The summed E-state index contributed by atoms with van der Waals surface area (Å²) in [6.07, 6.45) is 4.96. The lowest BCUT2D eigenvalue weighted by Gasteiger charge is -2.44. The van der Waals surface area contributed by atoms with E-state index >= 15 is 28.8 Å². The average molecular weight is 1460 g/mol. The minimum Gasteiger partial charge on any atom is -0.377 e. The highest BCUT2D eigenvalue weighted by atomic mass is 35.5. The number of alkyl halides is 3. The zero-order valence-electron chi connectivity index (χ0n) is 61.6. The quantitative estimate of drug-likeness (QED) is 0.250. The first-order valence-corrected chi connectivity index (χ1v) is 37.3. The van der Waals surface area contributed by atoms with E-state index in [2.05, 4.69) is 16.0 Å². The van der Waals surface area contributed by atoms with Crippen LogP contribution in [0, 0.1) is 23.7 Å². The van der Waals surface area contributed by atoms with Gasteiger partial charge in [0.2, 0.25) is 70.9 Å². The van der Waals surface area contributed by atoms with Gasteiger partial charge >= 0.3 is 6.18 Å². The van der Waals surface area contributed by atoms with Crippen molar-refractivity contribution in [2.75, 3.05) is 88.7 Å². The topological polar surface area (TPSA) is 279 Å². The van der Waals surface area contributed by atoms with Gasteiger partial charge in [0.1, 0.15) is 47.8 Å². The maximum Gasteiger partial charge on any atom is 0.417 e. The highest BCUT2D eigenvalue weighted by molar-refractivity contribution is 6.31. The van der Waals surface area contributed by atoms with Gasteiger partial charge in [-0.3, -0.25) is 57.5 Å². The highest BCUT2D eigenvalue weighted by Crippen LogP contribution is 2.39. The molecule has 1 aromatic carbocycles. The van der Waals surface area contributed by atoms with Crippen LogP contribution in [0.1, 0.15) is 180 Å². The molecule has 1 aromatic rings. The largest absolute Gasteiger partial charge is 0.417 e. The van der Waals surface area contributed by atoms with E-state index in [1.165, 1.54) is 79.9 Å². The van der Waals surface area contributed by atoms with Crippen LogP contribution in [0.2, 0.25) is 5.02 Å². The van der Waals surface area contributed by atoms with Crippen molar-refractivity contribution in [1.29, 1.82) is 0 Å². The molecular formula is C73H110ClF3N12O13. The second kappa shape index (κ2) is 35.1. The predicted molar refractivity (Wildman–Crippen MR) is 373 cm³/mol. The number of morpholine rings is 1. The number of carbonyl (C=O) groups is 12. The fourth-order valence-corrected chi connectivity index (χ4v) is 16.8. The summed E-state index contributed by atoms with van der Waals surface area (Å²) in [7, 11) is 10.00. The number of hydrogen-bond donors (Lipinski definition) is 3. The Kier molecular flexibility index (Phi) is 27.7.